The molecule has 0 aliphatic rings. The van der Waals surface area contributed by atoms with Gasteiger partial charge in [-0.1, -0.05) is 0 Å². The molecule has 12 heteroatoms. The smallest absolute Gasteiger partial charge is 0.309 e. The lowest BCUT2D eigenvalue weighted by molar-refractivity contribution is -0.385. The van der Waals surface area contributed by atoms with Crippen LogP contribution in [-0.2, 0) is 0 Å². The first-order valence-electron chi connectivity index (χ1n) is 8.75. The largest absolute Gasteiger partial charge is 0.344 e. The van der Waals surface area contributed by atoms with Gasteiger partial charge >= 0.3 is 5.69 Å². The second-order valence-corrected chi connectivity index (χ2v) is 7.93. The van der Waals surface area contributed by atoms with E-state index in [1.165, 1.54) is 27.1 Å². The van der Waals surface area contributed by atoms with Crippen molar-refractivity contribution in [2.45, 2.75) is 26.8 Å². The number of carbonyl (C=O) groups is 1. The maximum absolute atomic E-state index is 12.5. The van der Waals surface area contributed by atoms with Gasteiger partial charge in [-0.25, -0.2) is 14.5 Å². The highest BCUT2D eigenvalue weighted by Gasteiger charge is 2.24. The van der Waals surface area contributed by atoms with Gasteiger partial charge in [0.2, 0.25) is 0 Å². The van der Waals surface area contributed by atoms with E-state index in [0.717, 1.165) is 10.9 Å². The van der Waals surface area contributed by atoms with E-state index in [1.54, 1.807) is 31.9 Å². The van der Waals surface area contributed by atoms with Crippen molar-refractivity contribution in [3.05, 3.63) is 44.6 Å². The molecule has 0 spiro atoms. The zero-order valence-electron chi connectivity index (χ0n) is 16.4. The Morgan fingerprint density at radius 1 is 1.31 bits per heavy atom. The van der Waals surface area contributed by atoms with E-state index in [4.69, 9.17) is 0 Å². The number of hydrogen-bond donors (Lipinski definition) is 0. The van der Waals surface area contributed by atoms with Crippen molar-refractivity contribution in [2.24, 2.45) is 0 Å². The number of aryl methyl sites for hydroxylation is 2. The van der Waals surface area contributed by atoms with Gasteiger partial charge in [0.1, 0.15) is 29.1 Å². The van der Waals surface area contributed by atoms with E-state index in [0.29, 0.717) is 26.9 Å². The van der Waals surface area contributed by atoms with Crippen LogP contribution in [0.4, 0.5) is 5.69 Å². The van der Waals surface area contributed by atoms with Crippen molar-refractivity contribution in [3.8, 4) is 0 Å². The van der Waals surface area contributed by atoms with Gasteiger partial charge in [0.05, 0.1) is 15.2 Å². The van der Waals surface area contributed by atoms with E-state index in [1.807, 2.05) is 13.8 Å². The van der Waals surface area contributed by atoms with Crippen molar-refractivity contribution < 1.29 is 9.72 Å². The molecule has 0 saturated heterocycles. The summed E-state index contributed by atoms with van der Waals surface area (Å²) in [7, 11) is 3.41. The van der Waals surface area contributed by atoms with E-state index in [2.05, 4.69) is 20.2 Å². The van der Waals surface area contributed by atoms with Crippen LogP contribution < -0.4 is 0 Å². The molecule has 1 atom stereocenters. The molecule has 0 saturated carbocycles. The summed E-state index contributed by atoms with van der Waals surface area (Å²) in [4.78, 5) is 35.0. The van der Waals surface area contributed by atoms with Crippen molar-refractivity contribution >= 4 is 38.8 Å². The number of fused-ring (bicyclic) bond motifs is 3. The number of nitrogens with zero attached hydrogens (tertiary/aromatic N) is 8. The van der Waals surface area contributed by atoms with Crippen LogP contribution in [0.1, 0.15) is 39.7 Å². The van der Waals surface area contributed by atoms with Crippen LogP contribution in [0, 0.1) is 24.0 Å². The summed E-state index contributed by atoms with van der Waals surface area (Å²) in [5.41, 5.74) is 1.67. The zero-order valence-corrected chi connectivity index (χ0v) is 17.3. The van der Waals surface area contributed by atoms with Gasteiger partial charge in [-0.2, -0.15) is 5.10 Å². The summed E-state index contributed by atoms with van der Waals surface area (Å²) in [5, 5.41) is 20.6. The topological polar surface area (TPSA) is 124 Å². The number of nitro groups is 1. The predicted molar refractivity (Wildman–Crippen MR) is 106 cm³/mol. The third-order valence-electron chi connectivity index (χ3n) is 4.74. The lowest BCUT2D eigenvalue weighted by atomic mass is 10.2. The first kappa shape index (κ1) is 18.9. The Balaban J connectivity index is 1.84. The number of aromatic nitrogens is 6. The molecule has 1 amide bonds. The standard InChI is InChI=1S/C17H18N8O3S/c1-8-12-15-19-14(10(3)23-6-11(25(27)28)9(2)20-23)21-24(15)7-18-16(12)29-13(8)17(26)22(4)5/h6-7,10H,1-5H3. The van der Waals surface area contributed by atoms with Crippen LogP contribution in [0.3, 0.4) is 0 Å². The molecule has 150 valence electrons. The summed E-state index contributed by atoms with van der Waals surface area (Å²) >= 11 is 1.32. The molecule has 0 bridgehead atoms. The predicted octanol–water partition coefficient (Wildman–Crippen LogP) is 2.37. The molecule has 0 N–H and O–H groups in total. The molecule has 0 aliphatic heterocycles. The van der Waals surface area contributed by atoms with E-state index in [9.17, 15) is 14.9 Å². The highest BCUT2D eigenvalue weighted by Crippen LogP contribution is 2.33. The second-order valence-electron chi connectivity index (χ2n) is 6.93. The first-order chi connectivity index (χ1) is 13.7. The van der Waals surface area contributed by atoms with E-state index < -0.39 is 11.0 Å². The Labute approximate surface area is 168 Å². The molecule has 0 radical (unpaired) electrons. The number of rotatable bonds is 4. The quantitative estimate of drug-likeness (QED) is 0.371. The minimum atomic E-state index is -0.464. The highest BCUT2D eigenvalue weighted by atomic mass is 32.1. The molecule has 4 heterocycles. The van der Waals surface area contributed by atoms with Gasteiger partial charge in [0, 0.05) is 14.1 Å². The van der Waals surface area contributed by atoms with Crippen molar-refractivity contribution in [1.82, 2.24) is 34.3 Å². The Hall–Kier alpha value is -3.41. The van der Waals surface area contributed by atoms with Gasteiger partial charge < -0.3 is 4.90 Å². The monoisotopic (exact) mass is 414 g/mol. The second kappa shape index (κ2) is 6.58. The van der Waals surface area contributed by atoms with Crippen molar-refractivity contribution in [1.29, 1.82) is 0 Å². The first-order valence-corrected chi connectivity index (χ1v) is 9.56. The molecule has 0 fully saturated rings. The van der Waals surface area contributed by atoms with Crippen LogP contribution in [0.15, 0.2) is 12.5 Å². The fourth-order valence-electron chi connectivity index (χ4n) is 3.10. The molecule has 4 aromatic rings. The normalized spacial score (nSPS) is 12.6. The SMILES string of the molecule is Cc1nn(C(C)c2nc3c4c(C)c(C(=O)N(C)C)sc4ncn3n2)cc1[N+](=O)[O-]. The fraction of sp³-hybridized carbons (Fsp3) is 0.353. The van der Waals surface area contributed by atoms with Gasteiger partial charge in [-0.05, 0) is 26.3 Å². The molecule has 29 heavy (non-hydrogen) atoms. The molecular weight excluding hydrogens is 396 g/mol. The average Bonchev–Trinajstić information content (AvgIpc) is 3.35. The summed E-state index contributed by atoms with van der Waals surface area (Å²) in [6.45, 7) is 5.27. The van der Waals surface area contributed by atoms with Crippen LogP contribution in [0.5, 0.6) is 0 Å². The average molecular weight is 414 g/mol. The summed E-state index contributed by atoms with van der Waals surface area (Å²) in [6.07, 6.45) is 2.93. The number of carbonyl (C=O) groups excluding carboxylic acids is 1. The third kappa shape index (κ3) is 2.92. The highest BCUT2D eigenvalue weighted by molar-refractivity contribution is 7.20. The van der Waals surface area contributed by atoms with Crippen LogP contribution in [0.25, 0.3) is 15.9 Å². The molecule has 0 aliphatic carbocycles. The van der Waals surface area contributed by atoms with E-state index >= 15 is 0 Å². The van der Waals surface area contributed by atoms with E-state index in [-0.39, 0.29) is 11.6 Å². The van der Waals surface area contributed by atoms with Gasteiger partial charge in [0.15, 0.2) is 11.5 Å². The maximum Gasteiger partial charge on any atom is 0.309 e. The molecule has 11 nitrogen and oxygen atoms in total. The van der Waals surface area contributed by atoms with Gasteiger partial charge in [0.25, 0.3) is 5.91 Å². The lowest BCUT2D eigenvalue weighted by Gasteiger charge is -2.08. The van der Waals surface area contributed by atoms with Crippen molar-refractivity contribution in [3.63, 3.8) is 0 Å². The number of amides is 1. The van der Waals surface area contributed by atoms with Gasteiger partial charge in [-0.3, -0.25) is 19.6 Å². The minimum absolute atomic E-state index is 0.0508. The Kier molecular flexibility index (Phi) is 4.30. The summed E-state index contributed by atoms with van der Waals surface area (Å²) in [6, 6.07) is -0.417. The molecular formula is C17H18N8O3S. The Morgan fingerprint density at radius 2 is 2.03 bits per heavy atom. The third-order valence-corrected chi connectivity index (χ3v) is 5.93. The number of thiophene rings is 1. The van der Waals surface area contributed by atoms with Crippen LogP contribution in [0.2, 0.25) is 0 Å². The fourth-order valence-corrected chi connectivity index (χ4v) is 4.27. The maximum atomic E-state index is 12.5. The Morgan fingerprint density at radius 3 is 2.66 bits per heavy atom. The van der Waals surface area contributed by atoms with Gasteiger partial charge in [-0.15, -0.1) is 16.4 Å². The minimum Gasteiger partial charge on any atom is -0.344 e. The Bertz CT molecular complexity index is 1290. The molecule has 4 rings (SSSR count). The summed E-state index contributed by atoms with van der Waals surface area (Å²) in [5.74, 6) is 0.360. The molecule has 1 unspecified atom stereocenters. The lowest BCUT2D eigenvalue weighted by Crippen LogP contribution is -2.21. The zero-order chi connectivity index (χ0) is 21.0. The summed E-state index contributed by atoms with van der Waals surface area (Å²) < 4.78 is 3.04. The van der Waals surface area contributed by atoms with Crippen molar-refractivity contribution in [2.75, 3.05) is 14.1 Å². The van der Waals surface area contributed by atoms with Crippen LogP contribution >= 0.6 is 11.3 Å². The van der Waals surface area contributed by atoms with Crippen LogP contribution in [-0.4, -0.2) is 59.2 Å². The number of hydrogen-bond acceptors (Lipinski definition) is 8. The molecule has 0 aromatic carbocycles. The molecule has 4 aromatic heterocycles.